The molecule has 6 heteroatoms. The number of piperazine rings is 1. The summed E-state index contributed by atoms with van der Waals surface area (Å²) in [7, 11) is 0. The number of rotatable bonds is 2. The second-order valence-electron chi connectivity index (χ2n) is 4.62. The molecule has 2 nitrogen and oxygen atoms in total. The Morgan fingerprint density at radius 1 is 1.42 bits per heavy atom. The highest BCUT2D eigenvalue weighted by atomic mass is 79.9. The van der Waals surface area contributed by atoms with Crippen LogP contribution >= 0.6 is 15.9 Å². The monoisotopic (exact) mass is 336 g/mol. The molecular formula is C13H16BrF3N2. The standard InChI is InChI=1S/C13H16BrF3N2/c1-2-10-8-18-5-6-19(10)12-7-9(13(15,16)17)3-4-11(12)14/h3-4,7,10,18H,2,5-6,8H2,1H3. The number of nitrogens with one attached hydrogen (secondary N) is 1. The van der Waals surface area contributed by atoms with Crippen LogP contribution in [-0.4, -0.2) is 25.7 Å². The molecule has 0 saturated carbocycles. The molecule has 1 fully saturated rings. The first kappa shape index (κ1) is 14.7. The van der Waals surface area contributed by atoms with E-state index in [1.807, 2.05) is 6.92 Å². The molecule has 1 aliphatic rings. The predicted molar refractivity (Wildman–Crippen MR) is 73.4 cm³/mol. The van der Waals surface area contributed by atoms with Crippen molar-refractivity contribution in [1.82, 2.24) is 5.32 Å². The molecule has 19 heavy (non-hydrogen) atoms. The third-order valence-corrected chi connectivity index (χ3v) is 4.07. The van der Waals surface area contributed by atoms with Crippen molar-refractivity contribution < 1.29 is 13.2 Å². The number of benzene rings is 1. The Hall–Kier alpha value is -0.750. The lowest BCUT2D eigenvalue weighted by Crippen LogP contribution is -2.51. The fourth-order valence-corrected chi connectivity index (χ4v) is 2.83. The van der Waals surface area contributed by atoms with Crippen molar-refractivity contribution in [2.75, 3.05) is 24.5 Å². The molecule has 1 aromatic rings. The minimum atomic E-state index is -4.30. The summed E-state index contributed by atoms with van der Waals surface area (Å²) in [4.78, 5) is 2.05. The minimum absolute atomic E-state index is 0.230. The summed E-state index contributed by atoms with van der Waals surface area (Å²) < 4.78 is 39.1. The van der Waals surface area contributed by atoms with E-state index in [0.29, 0.717) is 10.2 Å². The highest BCUT2D eigenvalue weighted by Gasteiger charge is 2.32. The molecule has 1 saturated heterocycles. The van der Waals surface area contributed by atoms with E-state index in [9.17, 15) is 13.2 Å². The van der Waals surface area contributed by atoms with E-state index in [2.05, 4.69) is 26.1 Å². The third kappa shape index (κ3) is 3.23. The Morgan fingerprint density at radius 2 is 2.16 bits per heavy atom. The number of anilines is 1. The molecule has 1 unspecified atom stereocenters. The number of halogens is 4. The third-order valence-electron chi connectivity index (χ3n) is 3.40. The number of hydrogen-bond donors (Lipinski definition) is 1. The van der Waals surface area contributed by atoms with Gasteiger partial charge in [-0.2, -0.15) is 13.2 Å². The molecule has 1 N–H and O–H groups in total. The normalized spacial score (nSPS) is 20.7. The number of nitrogens with zero attached hydrogens (tertiary/aromatic N) is 1. The minimum Gasteiger partial charge on any atom is -0.365 e. The van der Waals surface area contributed by atoms with Gasteiger partial charge in [0.15, 0.2) is 0 Å². The van der Waals surface area contributed by atoms with Crippen LogP contribution in [0.3, 0.4) is 0 Å². The molecular weight excluding hydrogens is 321 g/mol. The highest BCUT2D eigenvalue weighted by Crippen LogP contribution is 2.36. The van der Waals surface area contributed by atoms with Gasteiger partial charge in [-0.3, -0.25) is 0 Å². The molecule has 1 atom stereocenters. The van der Waals surface area contributed by atoms with E-state index in [1.54, 1.807) is 0 Å². The van der Waals surface area contributed by atoms with Crippen LogP contribution in [0.1, 0.15) is 18.9 Å². The molecule has 106 valence electrons. The molecule has 0 aliphatic carbocycles. The zero-order valence-corrected chi connectivity index (χ0v) is 12.2. The molecule has 0 aromatic heterocycles. The molecule has 1 aromatic carbocycles. The van der Waals surface area contributed by atoms with Crippen LogP contribution < -0.4 is 10.2 Å². The van der Waals surface area contributed by atoms with Crippen LogP contribution in [0.25, 0.3) is 0 Å². The first-order chi connectivity index (χ1) is 8.93. The topological polar surface area (TPSA) is 15.3 Å². The lowest BCUT2D eigenvalue weighted by atomic mass is 10.1. The highest BCUT2D eigenvalue weighted by molar-refractivity contribution is 9.10. The smallest absolute Gasteiger partial charge is 0.365 e. The predicted octanol–water partition coefficient (Wildman–Crippen LogP) is 3.66. The maximum absolute atomic E-state index is 12.8. The van der Waals surface area contributed by atoms with E-state index < -0.39 is 11.7 Å². The Bertz CT molecular complexity index is 448. The molecule has 0 bridgehead atoms. The first-order valence-electron chi connectivity index (χ1n) is 6.27. The van der Waals surface area contributed by atoms with Gasteiger partial charge < -0.3 is 10.2 Å². The summed E-state index contributed by atoms with van der Waals surface area (Å²) in [6.45, 7) is 4.36. The summed E-state index contributed by atoms with van der Waals surface area (Å²) in [6.07, 6.45) is -3.40. The maximum atomic E-state index is 12.8. The van der Waals surface area contributed by atoms with Gasteiger partial charge in [-0.15, -0.1) is 0 Å². The zero-order valence-electron chi connectivity index (χ0n) is 10.6. The Balaban J connectivity index is 2.37. The van der Waals surface area contributed by atoms with Crippen LogP contribution in [0.15, 0.2) is 22.7 Å². The second-order valence-corrected chi connectivity index (χ2v) is 5.48. The van der Waals surface area contributed by atoms with Gasteiger partial charge in [0, 0.05) is 30.1 Å². The fraction of sp³-hybridized carbons (Fsp3) is 0.538. The second kappa shape index (κ2) is 5.71. The van der Waals surface area contributed by atoms with Gasteiger partial charge in [-0.1, -0.05) is 6.92 Å². The van der Waals surface area contributed by atoms with Gasteiger partial charge in [-0.05, 0) is 40.5 Å². The van der Waals surface area contributed by atoms with Crippen molar-refractivity contribution in [3.05, 3.63) is 28.2 Å². The molecule has 1 heterocycles. The quantitative estimate of drug-likeness (QED) is 0.886. The van der Waals surface area contributed by atoms with E-state index in [-0.39, 0.29) is 6.04 Å². The number of hydrogen-bond acceptors (Lipinski definition) is 2. The average molecular weight is 337 g/mol. The van der Waals surface area contributed by atoms with Crippen LogP contribution in [0.5, 0.6) is 0 Å². The largest absolute Gasteiger partial charge is 0.416 e. The van der Waals surface area contributed by atoms with E-state index in [1.165, 1.54) is 12.1 Å². The van der Waals surface area contributed by atoms with Crippen LogP contribution in [0.4, 0.5) is 18.9 Å². The fourth-order valence-electron chi connectivity index (χ4n) is 2.35. The van der Waals surface area contributed by atoms with Gasteiger partial charge in [0.2, 0.25) is 0 Å². The summed E-state index contributed by atoms with van der Waals surface area (Å²) in [5, 5.41) is 3.27. The van der Waals surface area contributed by atoms with E-state index in [4.69, 9.17) is 0 Å². The van der Waals surface area contributed by atoms with E-state index >= 15 is 0 Å². The van der Waals surface area contributed by atoms with Crippen molar-refractivity contribution in [3.8, 4) is 0 Å². The van der Waals surface area contributed by atoms with Gasteiger partial charge in [-0.25, -0.2) is 0 Å². The number of alkyl halides is 3. The zero-order chi connectivity index (χ0) is 14.0. The molecule has 0 spiro atoms. The summed E-state index contributed by atoms with van der Waals surface area (Å²) in [5.41, 5.74) is 0.0299. The molecule has 2 rings (SSSR count). The summed E-state index contributed by atoms with van der Waals surface area (Å²) in [6, 6.07) is 4.05. The Kier molecular flexibility index (Phi) is 4.40. The maximum Gasteiger partial charge on any atom is 0.416 e. The molecule has 0 amide bonds. The Morgan fingerprint density at radius 3 is 2.79 bits per heavy atom. The first-order valence-corrected chi connectivity index (χ1v) is 7.07. The average Bonchev–Trinajstić information content (AvgIpc) is 2.38. The lowest BCUT2D eigenvalue weighted by molar-refractivity contribution is -0.137. The molecule has 0 radical (unpaired) electrons. The van der Waals surface area contributed by atoms with Crippen molar-refractivity contribution >= 4 is 21.6 Å². The Labute approximate surface area is 119 Å². The van der Waals surface area contributed by atoms with Crippen LogP contribution in [-0.2, 0) is 6.18 Å². The van der Waals surface area contributed by atoms with Gasteiger partial charge >= 0.3 is 6.18 Å². The van der Waals surface area contributed by atoms with Crippen molar-refractivity contribution in [2.45, 2.75) is 25.6 Å². The van der Waals surface area contributed by atoms with Gasteiger partial charge in [0.25, 0.3) is 0 Å². The van der Waals surface area contributed by atoms with Gasteiger partial charge in [0.1, 0.15) is 0 Å². The van der Waals surface area contributed by atoms with Crippen molar-refractivity contribution in [3.63, 3.8) is 0 Å². The van der Waals surface area contributed by atoms with Crippen LogP contribution in [0.2, 0.25) is 0 Å². The summed E-state index contributed by atoms with van der Waals surface area (Å²) >= 11 is 3.36. The lowest BCUT2D eigenvalue weighted by Gasteiger charge is -2.38. The van der Waals surface area contributed by atoms with Crippen LogP contribution in [0, 0.1) is 0 Å². The van der Waals surface area contributed by atoms with Gasteiger partial charge in [0.05, 0.1) is 11.3 Å². The molecule has 1 aliphatic heterocycles. The van der Waals surface area contributed by atoms with E-state index in [0.717, 1.165) is 32.1 Å². The summed E-state index contributed by atoms with van der Waals surface area (Å²) in [5.74, 6) is 0. The van der Waals surface area contributed by atoms with Crippen molar-refractivity contribution in [2.24, 2.45) is 0 Å². The SMILES string of the molecule is CCC1CNCCN1c1cc(C(F)(F)F)ccc1Br. The van der Waals surface area contributed by atoms with Crippen molar-refractivity contribution in [1.29, 1.82) is 0 Å².